The highest BCUT2D eigenvalue weighted by Gasteiger charge is 2.63. The fourth-order valence-corrected chi connectivity index (χ4v) is 10.6. The summed E-state index contributed by atoms with van der Waals surface area (Å²) in [5, 5.41) is 22.9. The number of carbonyl (C=O) groups excluding carboxylic acids is 1. The van der Waals surface area contributed by atoms with Gasteiger partial charge in [-0.1, -0.05) is 13.8 Å². The van der Waals surface area contributed by atoms with E-state index in [1.165, 1.54) is 58.5 Å². The second-order valence-electron chi connectivity index (χ2n) is 14.1. The highest BCUT2D eigenvalue weighted by Crippen LogP contribution is 2.66. The first kappa shape index (κ1) is 25.6. The number of hydrogen-bond donors (Lipinski definition) is 2. The van der Waals surface area contributed by atoms with Gasteiger partial charge in [-0.3, -0.25) is 14.6 Å². The van der Waals surface area contributed by atoms with Crippen LogP contribution in [0.4, 0.5) is 0 Å². The van der Waals surface area contributed by atoms with Crippen LogP contribution in [0.25, 0.3) is 0 Å². The van der Waals surface area contributed by atoms with Crippen LogP contribution in [0.1, 0.15) is 91.4 Å². The summed E-state index contributed by atoms with van der Waals surface area (Å²) in [7, 11) is 0. The number of rotatable bonds is 3. The molecule has 2 saturated heterocycles. The molecule has 0 amide bonds. The molecule has 6 fully saturated rings. The molecule has 0 bridgehead atoms. The molecule has 6 nitrogen and oxygen atoms in total. The highest BCUT2D eigenvalue weighted by atomic mass is 16.5. The van der Waals surface area contributed by atoms with Crippen LogP contribution in [0.15, 0.2) is 0 Å². The van der Waals surface area contributed by atoms with Crippen LogP contribution in [0.2, 0.25) is 0 Å². The standard InChI is InChI=1S/C30H50N2O4/c1-19(33)36-21-9-14-32(15-10-21)26-18-30(3)20(16-27(26)34)6-7-22-23(30)8-11-29(2)24(22)17-25(28(29)35)31-12-4-5-13-31/h20-28,34-35H,4-18H2,1-3H3/t20-,22+,23-,24-,25-,26-,27-,28-,29-,30-/m0/s1. The minimum atomic E-state index is -0.244. The van der Waals surface area contributed by atoms with E-state index in [2.05, 4.69) is 23.6 Å². The van der Waals surface area contributed by atoms with Gasteiger partial charge < -0.3 is 14.9 Å². The van der Waals surface area contributed by atoms with Gasteiger partial charge in [0.1, 0.15) is 6.10 Å². The van der Waals surface area contributed by atoms with Crippen LogP contribution in [-0.2, 0) is 9.53 Å². The lowest BCUT2D eigenvalue weighted by Gasteiger charge is -2.62. The quantitative estimate of drug-likeness (QED) is 0.572. The molecular formula is C30H50N2O4. The number of hydrogen-bond acceptors (Lipinski definition) is 6. The van der Waals surface area contributed by atoms with Crippen molar-refractivity contribution in [2.75, 3.05) is 26.2 Å². The Labute approximate surface area is 218 Å². The SMILES string of the molecule is CC(=O)OC1CCN([C@H]2C[C@@]3(C)[C@@H](CC[C@@H]4[C@@H]3CC[C@]3(C)[C@@H](O)[C@@H](N5CCCC5)C[C@@H]43)C[C@@H]2O)CC1. The van der Waals surface area contributed by atoms with Gasteiger partial charge in [-0.25, -0.2) is 0 Å². The molecule has 0 aromatic rings. The van der Waals surface area contributed by atoms with Crippen LogP contribution < -0.4 is 0 Å². The maximum atomic E-state index is 11.6. The molecule has 0 aromatic carbocycles. The lowest BCUT2D eigenvalue weighted by atomic mass is 9.44. The Balaban J connectivity index is 1.18. The molecule has 4 aliphatic carbocycles. The van der Waals surface area contributed by atoms with Crippen molar-refractivity contribution in [3.05, 3.63) is 0 Å². The van der Waals surface area contributed by atoms with Crippen LogP contribution in [0.5, 0.6) is 0 Å². The Hall–Kier alpha value is -0.690. The molecule has 36 heavy (non-hydrogen) atoms. The number of aliphatic hydroxyl groups excluding tert-OH is 2. The van der Waals surface area contributed by atoms with Gasteiger partial charge in [-0.05, 0) is 118 Å². The third-order valence-corrected chi connectivity index (χ3v) is 12.5. The molecule has 204 valence electrons. The lowest BCUT2D eigenvalue weighted by molar-refractivity contribution is -0.160. The predicted molar refractivity (Wildman–Crippen MR) is 139 cm³/mol. The van der Waals surface area contributed by atoms with Crippen molar-refractivity contribution in [2.24, 2.45) is 34.5 Å². The number of nitrogens with zero attached hydrogens (tertiary/aromatic N) is 2. The van der Waals surface area contributed by atoms with Gasteiger partial charge in [-0.2, -0.15) is 0 Å². The smallest absolute Gasteiger partial charge is 0.302 e. The number of piperidine rings is 1. The van der Waals surface area contributed by atoms with Crippen molar-refractivity contribution in [3.63, 3.8) is 0 Å². The molecule has 2 heterocycles. The zero-order chi connectivity index (χ0) is 25.2. The van der Waals surface area contributed by atoms with E-state index in [4.69, 9.17) is 4.74 Å². The number of fused-ring (bicyclic) bond motifs is 5. The Morgan fingerprint density at radius 1 is 0.833 bits per heavy atom. The summed E-state index contributed by atoms with van der Waals surface area (Å²) in [5.74, 6) is 2.52. The predicted octanol–water partition coefficient (Wildman–Crippen LogP) is 3.83. The van der Waals surface area contributed by atoms with Gasteiger partial charge in [0.25, 0.3) is 0 Å². The summed E-state index contributed by atoms with van der Waals surface area (Å²) >= 11 is 0. The van der Waals surface area contributed by atoms with Gasteiger partial charge in [0.15, 0.2) is 0 Å². The molecule has 0 unspecified atom stereocenters. The van der Waals surface area contributed by atoms with Crippen molar-refractivity contribution >= 4 is 5.97 Å². The number of aliphatic hydroxyl groups is 2. The van der Waals surface area contributed by atoms with E-state index < -0.39 is 0 Å². The Morgan fingerprint density at radius 3 is 2.22 bits per heavy atom. The Kier molecular flexibility index (Phi) is 6.75. The third kappa shape index (κ3) is 4.08. The van der Waals surface area contributed by atoms with Crippen LogP contribution >= 0.6 is 0 Å². The van der Waals surface area contributed by atoms with Crippen LogP contribution in [0, 0.1) is 34.5 Å². The number of ether oxygens (including phenoxy) is 1. The van der Waals surface area contributed by atoms with Crippen molar-refractivity contribution in [3.8, 4) is 0 Å². The second-order valence-corrected chi connectivity index (χ2v) is 14.1. The van der Waals surface area contributed by atoms with Gasteiger partial charge >= 0.3 is 5.97 Å². The first-order chi connectivity index (χ1) is 17.2. The summed E-state index contributed by atoms with van der Waals surface area (Å²) in [5.41, 5.74) is 0.349. The van der Waals surface area contributed by atoms with E-state index in [-0.39, 0.29) is 41.2 Å². The molecule has 0 aromatic heterocycles. The topological polar surface area (TPSA) is 73.2 Å². The normalized spacial score (nSPS) is 50.4. The van der Waals surface area contributed by atoms with E-state index in [1.807, 2.05) is 0 Å². The van der Waals surface area contributed by atoms with Crippen molar-refractivity contribution in [1.82, 2.24) is 9.80 Å². The van der Waals surface area contributed by atoms with Crippen molar-refractivity contribution in [1.29, 1.82) is 0 Å². The Bertz CT molecular complexity index is 824. The van der Waals surface area contributed by atoms with Crippen LogP contribution in [0.3, 0.4) is 0 Å². The molecule has 2 N–H and O–H groups in total. The zero-order valence-corrected chi connectivity index (χ0v) is 22.9. The molecule has 6 heteroatoms. The summed E-state index contributed by atoms with van der Waals surface area (Å²) in [6.45, 7) is 10.7. The lowest BCUT2D eigenvalue weighted by Crippen LogP contribution is -2.60. The summed E-state index contributed by atoms with van der Waals surface area (Å²) in [4.78, 5) is 16.5. The number of esters is 1. The van der Waals surface area contributed by atoms with Gasteiger partial charge in [0.2, 0.25) is 0 Å². The van der Waals surface area contributed by atoms with Gasteiger partial charge in [0.05, 0.1) is 12.2 Å². The van der Waals surface area contributed by atoms with E-state index in [9.17, 15) is 15.0 Å². The van der Waals surface area contributed by atoms with E-state index in [0.29, 0.717) is 23.8 Å². The minimum Gasteiger partial charge on any atom is -0.462 e. The summed E-state index contributed by atoms with van der Waals surface area (Å²) < 4.78 is 5.48. The van der Waals surface area contributed by atoms with Crippen molar-refractivity contribution in [2.45, 2.75) is 122 Å². The highest BCUT2D eigenvalue weighted by molar-refractivity contribution is 5.66. The molecule has 6 aliphatic rings. The van der Waals surface area contributed by atoms with Crippen molar-refractivity contribution < 1.29 is 19.7 Å². The molecule has 0 radical (unpaired) electrons. The van der Waals surface area contributed by atoms with E-state index in [1.54, 1.807) is 0 Å². The Morgan fingerprint density at radius 2 is 1.53 bits per heavy atom. The molecular weight excluding hydrogens is 452 g/mol. The average molecular weight is 503 g/mol. The summed E-state index contributed by atoms with van der Waals surface area (Å²) in [6, 6.07) is 0.592. The third-order valence-electron chi connectivity index (χ3n) is 12.5. The summed E-state index contributed by atoms with van der Waals surface area (Å²) in [6.07, 6.45) is 12.1. The maximum Gasteiger partial charge on any atom is 0.302 e. The fraction of sp³-hybridized carbons (Fsp3) is 0.967. The molecule has 10 atom stereocenters. The van der Waals surface area contributed by atoms with E-state index in [0.717, 1.165) is 51.1 Å². The number of likely N-dealkylation sites (tertiary alicyclic amines) is 2. The first-order valence-electron chi connectivity index (χ1n) is 15.2. The van der Waals surface area contributed by atoms with Crippen LogP contribution in [-0.4, -0.2) is 82.6 Å². The fourth-order valence-electron chi connectivity index (χ4n) is 10.6. The average Bonchev–Trinajstić information content (AvgIpc) is 3.46. The van der Waals surface area contributed by atoms with Gasteiger partial charge in [-0.15, -0.1) is 0 Å². The largest absolute Gasteiger partial charge is 0.462 e. The van der Waals surface area contributed by atoms with Gasteiger partial charge in [0, 0.05) is 32.1 Å². The molecule has 2 aliphatic heterocycles. The second kappa shape index (κ2) is 9.50. The zero-order valence-electron chi connectivity index (χ0n) is 22.9. The maximum absolute atomic E-state index is 11.6. The van der Waals surface area contributed by atoms with E-state index >= 15 is 0 Å². The molecule has 6 rings (SSSR count). The molecule has 0 spiro atoms. The number of carbonyl (C=O) groups is 1. The monoisotopic (exact) mass is 502 g/mol. The molecule has 4 saturated carbocycles. The minimum absolute atomic E-state index is 0.0373. The first-order valence-corrected chi connectivity index (χ1v) is 15.2.